The van der Waals surface area contributed by atoms with Crippen LogP contribution >= 0.6 is 0 Å². The summed E-state index contributed by atoms with van der Waals surface area (Å²) < 4.78 is 29.7. The minimum atomic E-state index is -3.39. The summed E-state index contributed by atoms with van der Waals surface area (Å²) in [6.45, 7) is 9.60. The second-order valence-corrected chi connectivity index (χ2v) is 5.74. The van der Waals surface area contributed by atoms with Crippen LogP contribution in [0.15, 0.2) is 6.20 Å². The number of aromatic nitrogens is 2. The molecule has 1 rings (SSSR count). The first kappa shape index (κ1) is 15.1. The molecule has 104 valence electrons. The highest BCUT2D eigenvalue weighted by molar-refractivity contribution is 7.87. The average Bonchev–Trinajstić information content (AvgIpc) is 2.69. The first-order valence-corrected chi connectivity index (χ1v) is 7.66. The van der Waals surface area contributed by atoms with Gasteiger partial charge in [-0.05, 0) is 13.8 Å². The predicted octanol–water partition coefficient (Wildman–Crippen LogP) is 0.888. The molecule has 0 aliphatic rings. The zero-order valence-electron chi connectivity index (χ0n) is 11.5. The molecule has 0 spiro atoms. The molecule has 1 aromatic heterocycles. The number of nitrogens with zero attached hydrogens (tertiary/aromatic N) is 3. The molecule has 18 heavy (non-hydrogen) atoms. The van der Waals surface area contributed by atoms with Gasteiger partial charge in [0.1, 0.15) is 0 Å². The molecular weight excluding hydrogens is 252 g/mol. The third kappa shape index (κ3) is 3.30. The van der Waals surface area contributed by atoms with Crippen molar-refractivity contribution in [3.63, 3.8) is 0 Å². The Morgan fingerprint density at radius 3 is 2.39 bits per heavy atom. The molecule has 0 aromatic carbocycles. The number of hydrogen-bond acceptors (Lipinski definition) is 3. The minimum Gasteiger partial charge on any atom is -0.270 e. The molecule has 0 bridgehead atoms. The normalized spacial score (nSPS) is 12.3. The van der Waals surface area contributed by atoms with Crippen LogP contribution < -0.4 is 4.72 Å². The van der Waals surface area contributed by atoms with Crippen LogP contribution in [0.4, 0.5) is 0 Å². The molecule has 0 aliphatic carbocycles. The van der Waals surface area contributed by atoms with Gasteiger partial charge in [-0.2, -0.15) is 22.5 Å². The van der Waals surface area contributed by atoms with Gasteiger partial charge in [0, 0.05) is 37.4 Å². The SMILES string of the molecule is CCN(CC)S(=O)(=O)NCc1cnn(CC)c1C. The van der Waals surface area contributed by atoms with Crippen LogP contribution in [0.25, 0.3) is 0 Å². The van der Waals surface area contributed by atoms with Crippen LogP contribution in [0.2, 0.25) is 0 Å². The summed E-state index contributed by atoms with van der Waals surface area (Å²) in [6.07, 6.45) is 1.71. The highest BCUT2D eigenvalue weighted by Gasteiger charge is 2.18. The standard InChI is InChI=1S/C11H22N4O2S/c1-5-14(6-2)18(16,17)13-9-11-8-12-15(7-3)10(11)4/h8,13H,5-7,9H2,1-4H3. The fourth-order valence-electron chi connectivity index (χ4n) is 1.80. The lowest BCUT2D eigenvalue weighted by atomic mass is 10.3. The quantitative estimate of drug-likeness (QED) is 0.803. The molecule has 1 N–H and O–H groups in total. The summed E-state index contributed by atoms with van der Waals surface area (Å²) in [4.78, 5) is 0. The number of rotatable bonds is 7. The molecule has 0 aliphatic heterocycles. The highest BCUT2D eigenvalue weighted by atomic mass is 32.2. The van der Waals surface area contributed by atoms with Crippen molar-refractivity contribution in [1.29, 1.82) is 0 Å². The van der Waals surface area contributed by atoms with Gasteiger partial charge in [0.2, 0.25) is 0 Å². The maximum Gasteiger partial charge on any atom is 0.279 e. The Kier molecular flexibility index (Phi) is 5.30. The molecule has 0 atom stereocenters. The lowest BCUT2D eigenvalue weighted by molar-refractivity contribution is 0.434. The van der Waals surface area contributed by atoms with E-state index in [9.17, 15) is 8.42 Å². The molecular formula is C11H22N4O2S. The van der Waals surface area contributed by atoms with E-state index in [1.807, 2.05) is 32.4 Å². The van der Waals surface area contributed by atoms with E-state index in [2.05, 4.69) is 9.82 Å². The number of aryl methyl sites for hydroxylation is 1. The average molecular weight is 274 g/mol. The summed E-state index contributed by atoms with van der Waals surface area (Å²) in [7, 11) is -3.39. The fourth-order valence-corrected chi connectivity index (χ4v) is 3.00. The molecule has 7 heteroatoms. The van der Waals surface area contributed by atoms with E-state index in [-0.39, 0.29) is 6.54 Å². The van der Waals surface area contributed by atoms with Crippen molar-refractivity contribution in [3.05, 3.63) is 17.5 Å². The Bertz CT molecular complexity index is 477. The third-order valence-electron chi connectivity index (χ3n) is 2.99. The van der Waals surface area contributed by atoms with E-state index in [0.717, 1.165) is 17.8 Å². The Balaban J connectivity index is 2.73. The van der Waals surface area contributed by atoms with E-state index < -0.39 is 10.2 Å². The fraction of sp³-hybridized carbons (Fsp3) is 0.727. The van der Waals surface area contributed by atoms with Crippen LogP contribution in [0, 0.1) is 6.92 Å². The van der Waals surface area contributed by atoms with Gasteiger partial charge in [0.25, 0.3) is 10.2 Å². The summed E-state index contributed by atoms with van der Waals surface area (Å²) in [5.74, 6) is 0. The molecule has 1 aromatic rings. The van der Waals surface area contributed by atoms with Crippen LogP contribution in [-0.4, -0.2) is 35.6 Å². The minimum absolute atomic E-state index is 0.282. The molecule has 6 nitrogen and oxygen atoms in total. The van der Waals surface area contributed by atoms with Crippen LogP contribution in [0.1, 0.15) is 32.0 Å². The Hall–Kier alpha value is -0.920. The largest absolute Gasteiger partial charge is 0.279 e. The van der Waals surface area contributed by atoms with Crippen molar-refractivity contribution >= 4 is 10.2 Å². The van der Waals surface area contributed by atoms with Gasteiger partial charge in [-0.15, -0.1) is 0 Å². The molecule has 0 fully saturated rings. The molecule has 1 heterocycles. The maximum absolute atomic E-state index is 11.9. The van der Waals surface area contributed by atoms with Crippen molar-refractivity contribution in [2.24, 2.45) is 0 Å². The summed E-state index contributed by atoms with van der Waals surface area (Å²) in [5, 5.41) is 4.19. The van der Waals surface area contributed by atoms with E-state index >= 15 is 0 Å². The topological polar surface area (TPSA) is 67.2 Å². The summed E-state index contributed by atoms with van der Waals surface area (Å²) >= 11 is 0. The second-order valence-electron chi connectivity index (χ2n) is 3.98. The van der Waals surface area contributed by atoms with Gasteiger partial charge in [-0.25, -0.2) is 0 Å². The molecule has 0 radical (unpaired) electrons. The zero-order valence-corrected chi connectivity index (χ0v) is 12.3. The Morgan fingerprint density at radius 1 is 1.33 bits per heavy atom. The first-order chi connectivity index (χ1) is 8.46. The molecule has 0 saturated carbocycles. The van der Waals surface area contributed by atoms with Gasteiger partial charge in [0.15, 0.2) is 0 Å². The predicted molar refractivity (Wildman–Crippen MR) is 71.3 cm³/mol. The van der Waals surface area contributed by atoms with Gasteiger partial charge in [0.05, 0.1) is 6.20 Å². The van der Waals surface area contributed by atoms with E-state index in [0.29, 0.717) is 13.1 Å². The summed E-state index contributed by atoms with van der Waals surface area (Å²) in [6, 6.07) is 0. The Morgan fingerprint density at radius 2 is 1.94 bits per heavy atom. The van der Waals surface area contributed by atoms with Crippen LogP contribution in [0.5, 0.6) is 0 Å². The lowest BCUT2D eigenvalue weighted by Gasteiger charge is -2.18. The van der Waals surface area contributed by atoms with E-state index in [4.69, 9.17) is 0 Å². The zero-order chi connectivity index (χ0) is 13.8. The second kappa shape index (κ2) is 6.31. The first-order valence-electron chi connectivity index (χ1n) is 6.22. The highest BCUT2D eigenvalue weighted by Crippen LogP contribution is 2.08. The lowest BCUT2D eigenvalue weighted by Crippen LogP contribution is -2.40. The van der Waals surface area contributed by atoms with Crippen molar-refractivity contribution < 1.29 is 8.42 Å². The van der Waals surface area contributed by atoms with Crippen molar-refractivity contribution in [2.75, 3.05) is 13.1 Å². The molecule has 0 saturated heterocycles. The van der Waals surface area contributed by atoms with Crippen molar-refractivity contribution in [3.8, 4) is 0 Å². The van der Waals surface area contributed by atoms with E-state index in [1.165, 1.54) is 4.31 Å². The van der Waals surface area contributed by atoms with Gasteiger partial charge < -0.3 is 0 Å². The van der Waals surface area contributed by atoms with Crippen LogP contribution in [-0.2, 0) is 23.3 Å². The monoisotopic (exact) mass is 274 g/mol. The smallest absolute Gasteiger partial charge is 0.270 e. The number of hydrogen-bond donors (Lipinski definition) is 1. The number of nitrogens with one attached hydrogen (secondary N) is 1. The summed E-state index contributed by atoms with van der Waals surface area (Å²) in [5.41, 5.74) is 1.91. The maximum atomic E-state index is 11.9. The van der Waals surface area contributed by atoms with E-state index in [1.54, 1.807) is 6.20 Å². The van der Waals surface area contributed by atoms with Crippen molar-refractivity contribution in [2.45, 2.75) is 40.8 Å². The third-order valence-corrected chi connectivity index (χ3v) is 4.70. The van der Waals surface area contributed by atoms with Gasteiger partial charge in [-0.1, -0.05) is 13.8 Å². The van der Waals surface area contributed by atoms with Crippen molar-refractivity contribution in [1.82, 2.24) is 18.8 Å². The Labute approximate surface area is 109 Å². The molecule has 0 unspecified atom stereocenters. The molecule has 0 amide bonds. The van der Waals surface area contributed by atoms with Gasteiger partial charge in [-0.3, -0.25) is 4.68 Å². The van der Waals surface area contributed by atoms with Crippen LogP contribution in [0.3, 0.4) is 0 Å². The van der Waals surface area contributed by atoms with Gasteiger partial charge >= 0.3 is 0 Å².